The molecule has 0 amide bonds. The molecule has 0 saturated heterocycles. The first-order valence-corrected chi connectivity index (χ1v) is 5.06. The Morgan fingerprint density at radius 2 is 1.70 bits per heavy atom. The summed E-state index contributed by atoms with van der Waals surface area (Å²) in [6.45, 7) is 6.76. The van der Waals surface area contributed by atoms with Gasteiger partial charge < -0.3 is 0 Å². The fraction of sp³-hybridized carbons (Fsp3) is 0.500. The molecule has 1 atom stereocenters. The van der Waals surface area contributed by atoms with E-state index in [0.717, 1.165) is 5.54 Å². The Labute approximate surface area is 75.4 Å². The van der Waals surface area contributed by atoms with Gasteiger partial charge in [-0.25, -0.2) is 0 Å². The molecule has 0 aromatic rings. The van der Waals surface area contributed by atoms with E-state index in [-0.39, 0.29) is 0 Å². The Bertz CT molecular complexity index is 201. The number of allylic oxidation sites excluding steroid dienone is 4. The van der Waals surface area contributed by atoms with Gasteiger partial charge in [-0.15, -0.1) is 0 Å². The summed E-state index contributed by atoms with van der Waals surface area (Å²) in [5.41, 5.74) is 5.52. The predicted octanol–water partition coefficient (Wildman–Crippen LogP) is 0.933. The fourth-order valence-corrected chi connectivity index (χ4v) is 2.43. The van der Waals surface area contributed by atoms with E-state index < -0.39 is 0 Å². The topological polar surface area (TPSA) is 0 Å². The molecule has 1 rings (SSSR count). The summed E-state index contributed by atoms with van der Waals surface area (Å²) in [4.78, 5) is 0. The Hall–Kier alpha value is 0.294. The maximum absolute atomic E-state index is 2.27. The van der Waals surface area contributed by atoms with Crippen LogP contribution in [0, 0.1) is 0 Å². The van der Waals surface area contributed by atoms with Gasteiger partial charge in [-0.05, 0) is 0 Å². The van der Waals surface area contributed by atoms with E-state index in [4.69, 9.17) is 0 Å². The van der Waals surface area contributed by atoms with Gasteiger partial charge in [0, 0.05) is 0 Å². The summed E-state index contributed by atoms with van der Waals surface area (Å²) in [6, 6.07) is 0. The summed E-state index contributed by atoms with van der Waals surface area (Å²) in [5.74, 6) is 0. The molecule has 0 N–H and O–H groups in total. The average molecular weight is 144 g/mol. The Balaban J connectivity index is 3.09. The van der Waals surface area contributed by atoms with Crippen LogP contribution in [0.5, 0.6) is 0 Å². The van der Waals surface area contributed by atoms with Gasteiger partial charge in [-0.2, -0.15) is 0 Å². The van der Waals surface area contributed by atoms with E-state index >= 15 is 0 Å². The summed E-state index contributed by atoms with van der Waals surface area (Å²) in [7, 11) is 1.28. The minimum absolute atomic E-state index is 0.833. The van der Waals surface area contributed by atoms with Crippen LogP contribution < -0.4 is 0 Å². The zero-order chi connectivity index (χ0) is 7.89. The molecule has 0 heterocycles. The molecule has 10 heavy (non-hydrogen) atoms. The molecule has 0 fully saturated rings. The van der Waals surface area contributed by atoms with Crippen LogP contribution in [-0.4, -0.2) is 28.0 Å². The van der Waals surface area contributed by atoms with Crippen LogP contribution >= 0.6 is 0 Å². The van der Waals surface area contributed by atoms with Crippen LogP contribution in [0.25, 0.3) is 0 Å². The van der Waals surface area contributed by atoms with Gasteiger partial charge >= 0.3 is 75.2 Å². The zero-order valence-electron chi connectivity index (χ0n) is 7.58. The minimum atomic E-state index is 0.833. The summed E-state index contributed by atoms with van der Waals surface area (Å²) < 4.78 is 1.61. The van der Waals surface area contributed by atoms with Crippen molar-refractivity contribution in [2.45, 2.75) is 26.3 Å². The number of hydrogen-bond donors (Lipinski definition) is 0. The van der Waals surface area contributed by atoms with Crippen LogP contribution in [0.15, 0.2) is 21.0 Å². The zero-order valence-corrected chi connectivity index (χ0v) is 9.58. The normalized spacial score (nSPS) is 27.1. The van der Waals surface area contributed by atoms with Gasteiger partial charge in [0.05, 0.1) is 0 Å². The first kappa shape index (κ1) is 8.39. The molecule has 0 aliphatic heterocycles. The molecule has 1 aliphatic rings. The van der Waals surface area contributed by atoms with E-state index in [1.807, 2.05) is 0 Å². The molecule has 0 saturated carbocycles. The molecule has 0 nitrogen and oxygen atoms in total. The van der Waals surface area contributed by atoms with E-state index in [1.54, 1.807) is 9.82 Å². The summed E-state index contributed by atoms with van der Waals surface area (Å²) in [5, 5.41) is 0. The van der Waals surface area contributed by atoms with Gasteiger partial charge in [0.1, 0.15) is 0 Å². The van der Waals surface area contributed by atoms with Crippen molar-refractivity contribution < 1.29 is 0 Å². The molecule has 0 spiro atoms. The number of hydrogen-bond acceptors (Lipinski definition) is 0. The predicted molar refractivity (Wildman–Crippen MR) is 50.5 cm³/mol. The van der Waals surface area contributed by atoms with Gasteiger partial charge in [-0.1, -0.05) is 0 Å². The third-order valence-electron chi connectivity index (χ3n) is 3.04. The molecular formula is C8H13LiSi. The quantitative estimate of drug-likeness (QED) is 0.444. The van der Waals surface area contributed by atoms with Crippen LogP contribution in [0.4, 0.5) is 0 Å². The molecule has 0 aromatic heterocycles. The van der Waals surface area contributed by atoms with Crippen LogP contribution in [-0.2, 0) is 0 Å². The SMILES string of the molecule is [Li][C]1=C(C)C(C)=C(C)C1[SiH3]. The first-order chi connectivity index (χ1) is 4.55. The third kappa shape index (κ3) is 1.07. The molecule has 0 radical (unpaired) electrons. The standard InChI is InChI=1S/C8H13Si.Li/c1-5-4-8(9)7(3)6(5)2;/h8H,1-3,9H3;. The molecule has 1 unspecified atom stereocenters. The Morgan fingerprint density at radius 3 is 1.80 bits per heavy atom. The van der Waals surface area contributed by atoms with Crippen LogP contribution in [0.2, 0.25) is 5.54 Å². The van der Waals surface area contributed by atoms with Crippen molar-refractivity contribution >= 4 is 28.0 Å². The van der Waals surface area contributed by atoms with Crippen molar-refractivity contribution in [3.63, 3.8) is 0 Å². The van der Waals surface area contributed by atoms with E-state index in [0.29, 0.717) is 0 Å². The Kier molecular flexibility index (Phi) is 2.29. The van der Waals surface area contributed by atoms with Crippen molar-refractivity contribution in [2.75, 3.05) is 0 Å². The van der Waals surface area contributed by atoms with E-state index in [2.05, 4.69) is 38.5 Å². The summed E-state index contributed by atoms with van der Waals surface area (Å²) >= 11 is 2.27. The van der Waals surface area contributed by atoms with Gasteiger partial charge in [0.2, 0.25) is 0 Å². The molecule has 50 valence electrons. The van der Waals surface area contributed by atoms with Gasteiger partial charge in [0.25, 0.3) is 0 Å². The molecule has 0 aromatic carbocycles. The van der Waals surface area contributed by atoms with Crippen LogP contribution in [0.3, 0.4) is 0 Å². The average Bonchev–Trinajstić information content (AvgIpc) is 2.07. The third-order valence-corrected chi connectivity index (χ3v) is 4.78. The fourth-order valence-electron chi connectivity index (χ4n) is 1.57. The van der Waals surface area contributed by atoms with E-state index in [9.17, 15) is 0 Å². The van der Waals surface area contributed by atoms with Gasteiger partial charge in [0.15, 0.2) is 0 Å². The van der Waals surface area contributed by atoms with E-state index in [1.165, 1.54) is 21.4 Å². The second-order valence-electron chi connectivity index (χ2n) is 3.34. The monoisotopic (exact) mass is 144 g/mol. The van der Waals surface area contributed by atoms with Crippen molar-refractivity contribution in [2.24, 2.45) is 0 Å². The first-order valence-electron chi connectivity index (χ1n) is 3.90. The molecular weight excluding hydrogens is 131 g/mol. The second-order valence-corrected chi connectivity index (χ2v) is 4.49. The van der Waals surface area contributed by atoms with Crippen LogP contribution in [0.1, 0.15) is 20.8 Å². The Morgan fingerprint density at radius 1 is 1.20 bits per heavy atom. The maximum atomic E-state index is 2.27. The second kappa shape index (κ2) is 2.73. The van der Waals surface area contributed by atoms with Gasteiger partial charge in [-0.3, -0.25) is 0 Å². The molecule has 0 bridgehead atoms. The van der Waals surface area contributed by atoms with Crippen molar-refractivity contribution in [1.29, 1.82) is 0 Å². The van der Waals surface area contributed by atoms with Crippen molar-refractivity contribution in [1.82, 2.24) is 0 Å². The molecule has 2 heteroatoms. The van der Waals surface area contributed by atoms with Crippen molar-refractivity contribution in [3.05, 3.63) is 21.0 Å². The molecule has 1 aliphatic carbocycles. The number of rotatable bonds is 0. The van der Waals surface area contributed by atoms with Crippen molar-refractivity contribution in [3.8, 4) is 0 Å². The summed E-state index contributed by atoms with van der Waals surface area (Å²) in [6.07, 6.45) is 0.